The van der Waals surface area contributed by atoms with Gasteiger partial charge in [-0.25, -0.2) is 4.79 Å². The molecule has 148 valence electrons. The number of carbonyl (C=O) groups excluding carboxylic acids is 1. The summed E-state index contributed by atoms with van der Waals surface area (Å²) in [6.45, 7) is 1.50. The van der Waals surface area contributed by atoms with Crippen LogP contribution in [0.25, 0.3) is 0 Å². The van der Waals surface area contributed by atoms with E-state index in [4.69, 9.17) is 9.57 Å². The molecule has 1 atom stereocenters. The van der Waals surface area contributed by atoms with Crippen LogP contribution in [0.4, 0.5) is 5.69 Å². The molecule has 8 nitrogen and oxygen atoms in total. The highest BCUT2D eigenvalue weighted by atomic mass is 16.7. The van der Waals surface area contributed by atoms with Gasteiger partial charge >= 0.3 is 11.7 Å². The number of rotatable bonds is 8. The van der Waals surface area contributed by atoms with E-state index in [-0.39, 0.29) is 29.6 Å². The Balaban J connectivity index is 1.62. The van der Waals surface area contributed by atoms with E-state index in [0.717, 1.165) is 24.9 Å². The molecule has 0 unspecified atom stereocenters. The van der Waals surface area contributed by atoms with Crippen LogP contribution >= 0.6 is 0 Å². The predicted molar refractivity (Wildman–Crippen MR) is 101 cm³/mol. The van der Waals surface area contributed by atoms with Crippen molar-refractivity contribution in [2.24, 2.45) is 0 Å². The number of nitro groups is 1. The number of hydroxylamine groups is 2. The molecule has 0 amide bonds. The van der Waals surface area contributed by atoms with Gasteiger partial charge in [0.05, 0.1) is 30.2 Å². The maximum Gasteiger partial charge on any atom is 0.338 e. The van der Waals surface area contributed by atoms with Gasteiger partial charge in [-0.3, -0.25) is 15.0 Å². The lowest BCUT2D eigenvalue weighted by Crippen LogP contribution is -2.34. The summed E-state index contributed by atoms with van der Waals surface area (Å²) in [4.78, 5) is 28.3. The number of benzene rings is 2. The van der Waals surface area contributed by atoms with Crippen LogP contribution in [-0.4, -0.2) is 42.3 Å². The molecule has 1 aliphatic heterocycles. The molecule has 0 radical (unpaired) electrons. The third-order valence-electron chi connectivity index (χ3n) is 4.57. The van der Waals surface area contributed by atoms with Gasteiger partial charge < -0.3 is 9.47 Å². The van der Waals surface area contributed by atoms with Gasteiger partial charge in [0, 0.05) is 12.6 Å². The maximum atomic E-state index is 11.6. The summed E-state index contributed by atoms with van der Waals surface area (Å²) < 4.78 is 10.3. The smallest absolute Gasteiger partial charge is 0.338 e. The Morgan fingerprint density at radius 2 is 2.04 bits per heavy atom. The van der Waals surface area contributed by atoms with Crippen molar-refractivity contribution >= 4 is 11.7 Å². The Kier molecular flexibility index (Phi) is 6.57. The lowest BCUT2D eigenvalue weighted by atomic mass is 10.2. The highest BCUT2D eigenvalue weighted by Gasteiger charge is 2.27. The summed E-state index contributed by atoms with van der Waals surface area (Å²) in [5.41, 5.74) is 0.913. The Hall–Kier alpha value is -2.97. The van der Waals surface area contributed by atoms with Crippen molar-refractivity contribution in [3.05, 3.63) is 69.8 Å². The molecule has 1 saturated heterocycles. The molecule has 0 saturated carbocycles. The van der Waals surface area contributed by atoms with E-state index in [2.05, 4.69) is 4.74 Å². The average Bonchev–Trinajstić information content (AvgIpc) is 3.18. The summed E-state index contributed by atoms with van der Waals surface area (Å²) >= 11 is 0. The van der Waals surface area contributed by atoms with E-state index in [1.165, 1.54) is 25.3 Å². The zero-order valence-electron chi connectivity index (χ0n) is 15.6. The van der Waals surface area contributed by atoms with E-state index < -0.39 is 10.9 Å². The van der Waals surface area contributed by atoms with E-state index in [1.54, 1.807) is 0 Å². The van der Waals surface area contributed by atoms with Crippen molar-refractivity contribution in [2.45, 2.75) is 25.5 Å². The predicted octanol–water partition coefficient (Wildman–Crippen LogP) is 3.36. The molecular formula is C20H22N2O6. The number of carbonyl (C=O) groups is 1. The Morgan fingerprint density at radius 1 is 1.25 bits per heavy atom. The topological polar surface area (TPSA) is 91.1 Å². The highest BCUT2D eigenvalue weighted by Crippen LogP contribution is 2.29. The van der Waals surface area contributed by atoms with Crippen LogP contribution < -0.4 is 4.74 Å². The molecule has 1 aliphatic rings. The molecule has 0 bridgehead atoms. The largest absolute Gasteiger partial charge is 0.485 e. The van der Waals surface area contributed by atoms with Crippen LogP contribution in [0.2, 0.25) is 0 Å². The maximum absolute atomic E-state index is 11.6. The summed E-state index contributed by atoms with van der Waals surface area (Å²) in [6, 6.07) is 13.9. The molecule has 8 heteroatoms. The average molecular weight is 386 g/mol. The van der Waals surface area contributed by atoms with Crippen molar-refractivity contribution in [3.8, 4) is 5.75 Å². The van der Waals surface area contributed by atoms with Gasteiger partial charge in [0.15, 0.2) is 5.75 Å². The minimum absolute atomic E-state index is 0.00333. The number of ether oxygens (including phenoxy) is 2. The first-order valence-corrected chi connectivity index (χ1v) is 9.01. The Labute approximate surface area is 162 Å². The summed E-state index contributed by atoms with van der Waals surface area (Å²) in [7, 11) is 1.22. The molecule has 3 rings (SSSR count). The van der Waals surface area contributed by atoms with E-state index in [9.17, 15) is 14.9 Å². The number of esters is 1. The van der Waals surface area contributed by atoms with Gasteiger partial charge in [0.1, 0.15) is 6.61 Å². The number of nitro benzene ring substituents is 1. The van der Waals surface area contributed by atoms with Crippen molar-refractivity contribution in [3.63, 3.8) is 0 Å². The van der Waals surface area contributed by atoms with E-state index in [0.29, 0.717) is 6.61 Å². The minimum Gasteiger partial charge on any atom is -0.485 e. The van der Waals surface area contributed by atoms with Crippen LogP contribution in [0.15, 0.2) is 48.5 Å². The van der Waals surface area contributed by atoms with Crippen LogP contribution in [0.1, 0.15) is 28.8 Å². The molecule has 2 aromatic rings. The highest BCUT2D eigenvalue weighted by molar-refractivity contribution is 5.90. The van der Waals surface area contributed by atoms with Gasteiger partial charge in [-0.05, 0) is 30.5 Å². The van der Waals surface area contributed by atoms with E-state index in [1.807, 2.05) is 35.4 Å². The fourth-order valence-corrected chi connectivity index (χ4v) is 3.09. The molecule has 28 heavy (non-hydrogen) atoms. The van der Waals surface area contributed by atoms with Crippen molar-refractivity contribution in [2.75, 3.05) is 20.3 Å². The van der Waals surface area contributed by atoms with Crippen LogP contribution in [-0.2, 0) is 16.2 Å². The van der Waals surface area contributed by atoms with Gasteiger partial charge in [-0.15, -0.1) is 0 Å². The monoisotopic (exact) mass is 386 g/mol. The zero-order valence-corrected chi connectivity index (χ0v) is 15.6. The fourth-order valence-electron chi connectivity index (χ4n) is 3.09. The second-order valence-electron chi connectivity index (χ2n) is 6.44. The Morgan fingerprint density at radius 3 is 2.75 bits per heavy atom. The number of hydrogen-bond donors (Lipinski definition) is 0. The summed E-state index contributed by atoms with van der Waals surface area (Å²) in [5, 5.41) is 13.2. The molecule has 1 fully saturated rings. The first-order chi connectivity index (χ1) is 13.6. The van der Waals surface area contributed by atoms with Gasteiger partial charge in [0.25, 0.3) is 0 Å². The Bertz CT molecular complexity index is 827. The molecular weight excluding hydrogens is 364 g/mol. The molecule has 0 N–H and O–H groups in total. The van der Waals surface area contributed by atoms with Gasteiger partial charge in [-0.1, -0.05) is 30.3 Å². The van der Waals surface area contributed by atoms with Crippen LogP contribution in [0, 0.1) is 10.1 Å². The molecule has 2 aromatic carbocycles. The fraction of sp³-hybridized carbons (Fsp3) is 0.350. The molecule has 0 spiro atoms. The quantitative estimate of drug-likeness (QED) is 0.390. The molecule has 0 aromatic heterocycles. The molecule has 1 heterocycles. The number of hydrogen-bond acceptors (Lipinski definition) is 7. The van der Waals surface area contributed by atoms with Crippen LogP contribution in [0.5, 0.6) is 5.75 Å². The lowest BCUT2D eigenvalue weighted by molar-refractivity contribution is -0.386. The van der Waals surface area contributed by atoms with Crippen molar-refractivity contribution in [1.82, 2.24) is 5.06 Å². The van der Waals surface area contributed by atoms with Crippen molar-refractivity contribution < 1.29 is 24.0 Å². The first kappa shape index (κ1) is 19.8. The second-order valence-corrected chi connectivity index (χ2v) is 6.44. The third kappa shape index (κ3) is 4.85. The zero-order chi connectivity index (χ0) is 19.9. The molecule has 0 aliphatic carbocycles. The van der Waals surface area contributed by atoms with Gasteiger partial charge in [0.2, 0.25) is 0 Å². The SMILES string of the molecule is COC(=O)c1ccc(OC[C@@H]2CCCN2OCc2ccccc2)c([N+](=O)[O-])c1. The minimum atomic E-state index is -0.633. The third-order valence-corrected chi connectivity index (χ3v) is 4.57. The van der Waals surface area contributed by atoms with E-state index >= 15 is 0 Å². The summed E-state index contributed by atoms with van der Waals surface area (Å²) in [6.07, 6.45) is 1.84. The normalized spacial score (nSPS) is 16.7. The first-order valence-electron chi connectivity index (χ1n) is 9.01. The van der Waals surface area contributed by atoms with Crippen molar-refractivity contribution in [1.29, 1.82) is 0 Å². The second kappa shape index (κ2) is 9.29. The van der Waals surface area contributed by atoms with Crippen LogP contribution in [0.3, 0.4) is 0 Å². The summed E-state index contributed by atoms with van der Waals surface area (Å²) in [5.74, 6) is -0.515. The number of nitrogens with zero attached hydrogens (tertiary/aromatic N) is 2. The lowest BCUT2D eigenvalue weighted by Gasteiger charge is -2.24. The standard InChI is InChI=1S/C20H22N2O6/c1-26-20(23)16-9-10-19(18(12-16)22(24)25)27-14-17-8-5-11-21(17)28-13-15-6-3-2-4-7-15/h2-4,6-7,9-10,12,17H,5,8,11,13-14H2,1H3/t17-/m0/s1. The van der Waals surface area contributed by atoms with Gasteiger partial charge in [-0.2, -0.15) is 5.06 Å². The number of methoxy groups -OCH3 is 1.